The lowest BCUT2D eigenvalue weighted by atomic mass is 9.90. The van der Waals surface area contributed by atoms with Crippen LogP contribution in [-0.4, -0.2) is 37.5 Å². The highest BCUT2D eigenvalue weighted by Gasteiger charge is 2.72. The van der Waals surface area contributed by atoms with Crippen LogP contribution in [0.4, 0.5) is 36.4 Å². The Labute approximate surface area is 184 Å². The molecule has 2 aromatic rings. The van der Waals surface area contributed by atoms with Crippen molar-refractivity contribution in [2.45, 2.75) is 43.1 Å². The molecule has 1 amide bonds. The zero-order valence-electron chi connectivity index (χ0n) is 17.1. The summed E-state index contributed by atoms with van der Waals surface area (Å²) in [6.45, 7) is 2.29. The van der Waals surface area contributed by atoms with Gasteiger partial charge in [0.1, 0.15) is 5.82 Å². The van der Waals surface area contributed by atoms with E-state index in [1.165, 1.54) is 31.2 Å². The molecule has 2 aromatic carbocycles. The summed E-state index contributed by atoms with van der Waals surface area (Å²) in [4.78, 5) is 12.3. The predicted molar refractivity (Wildman–Crippen MR) is 104 cm³/mol. The fourth-order valence-corrected chi connectivity index (χ4v) is 3.81. The number of halogens is 7. The molecular formula is C20H18F7NO4S. The largest absolute Gasteiger partial charge is 0.430 e. The molecule has 2 N–H and O–H groups in total. The molecule has 0 radical (unpaired) electrons. The topological polar surface area (TPSA) is 83.5 Å². The van der Waals surface area contributed by atoms with Crippen molar-refractivity contribution in [3.05, 3.63) is 58.9 Å². The van der Waals surface area contributed by atoms with E-state index in [-0.39, 0.29) is 23.1 Å². The molecule has 0 atom stereocenters. The first-order valence-corrected chi connectivity index (χ1v) is 10.9. The molecule has 13 heteroatoms. The maximum absolute atomic E-state index is 14.5. The van der Waals surface area contributed by atoms with E-state index in [9.17, 15) is 49.1 Å². The Bertz CT molecular complexity index is 1130. The van der Waals surface area contributed by atoms with Crippen molar-refractivity contribution in [3.8, 4) is 0 Å². The predicted octanol–water partition coefficient (Wildman–Crippen LogP) is 4.42. The number of benzene rings is 2. The van der Waals surface area contributed by atoms with Gasteiger partial charge in [0.15, 0.2) is 9.84 Å². The normalized spacial score (nSPS) is 13.2. The van der Waals surface area contributed by atoms with Crippen molar-refractivity contribution in [2.75, 3.05) is 11.1 Å². The summed E-state index contributed by atoms with van der Waals surface area (Å²) >= 11 is 0. The van der Waals surface area contributed by atoms with Gasteiger partial charge in [0.05, 0.1) is 17.1 Å². The summed E-state index contributed by atoms with van der Waals surface area (Å²) in [5, 5.41) is 11.6. The molecule has 33 heavy (non-hydrogen) atoms. The van der Waals surface area contributed by atoms with Crippen molar-refractivity contribution in [2.24, 2.45) is 0 Å². The number of amides is 1. The Kier molecular flexibility index (Phi) is 7.20. The quantitative estimate of drug-likeness (QED) is 0.575. The van der Waals surface area contributed by atoms with Crippen molar-refractivity contribution >= 4 is 21.4 Å². The number of sulfone groups is 1. The smallest absolute Gasteiger partial charge is 0.369 e. The van der Waals surface area contributed by atoms with Crippen LogP contribution >= 0.6 is 0 Å². The Morgan fingerprint density at radius 3 is 1.94 bits per heavy atom. The van der Waals surface area contributed by atoms with Crippen LogP contribution in [0.15, 0.2) is 41.3 Å². The number of hydrogen-bond acceptors (Lipinski definition) is 4. The first-order chi connectivity index (χ1) is 15.0. The van der Waals surface area contributed by atoms with Crippen LogP contribution in [-0.2, 0) is 26.7 Å². The molecule has 0 saturated carbocycles. The van der Waals surface area contributed by atoms with Gasteiger partial charge in [-0.25, -0.2) is 12.8 Å². The van der Waals surface area contributed by atoms with Crippen molar-refractivity contribution in [3.63, 3.8) is 0 Å². The fraction of sp³-hybridized carbons (Fsp3) is 0.350. The summed E-state index contributed by atoms with van der Waals surface area (Å²) in [6, 6.07) is 5.97. The van der Waals surface area contributed by atoms with Crippen molar-refractivity contribution < 1.29 is 49.1 Å². The van der Waals surface area contributed by atoms with Crippen molar-refractivity contribution in [1.82, 2.24) is 0 Å². The second-order valence-electron chi connectivity index (χ2n) is 7.08. The number of carbonyl (C=O) groups is 1. The molecule has 0 aliphatic carbocycles. The molecular weight excluding hydrogens is 483 g/mol. The van der Waals surface area contributed by atoms with Crippen LogP contribution in [0.5, 0.6) is 0 Å². The Morgan fingerprint density at radius 1 is 0.970 bits per heavy atom. The van der Waals surface area contributed by atoms with Crippen LogP contribution in [0.3, 0.4) is 0 Å². The molecule has 182 valence electrons. The van der Waals surface area contributed by atoms with Crippen LogP contribution in [0, 0.1) is 12.7 Å². The minimum Gasteiger partial charge on any atom is -0.369 e. The Morgan fingerprint density at radius 2 is 1.48 bits per heavy atom. The van der Waals surface area contributed by atoms with Crippen LogP contribution in [0.2, 0.25) is 0 Å². The van der Waals surface area contributed by atoms with Crippen LogP contribution in [0.25, 0.3) is 0 Å². The van der Waals surface area contributed by atoms with E-state index < -0.39 is 56.3 Å². The highest BCUT2D eigenvalue weighted by molar-refractivity contribution is 7.91. The lowest BCUT2D eigenvalue weighted by Crippen LogP contribution is -2.54. The zero-order chi connectivity index (χ0) is 25.4. The molecule has 5 nitrogen and oxygen atoms in total. The third-order valence-corrected chi connectivity index (χ3v) is 6.65. The second-order valence-corrected chi connectivity index (χ2v) is 9.36. The Balaban J connectivity index is 2.30. The van der Waals surface area contributed by atoms with Gasteiger partial charge < -0.3 is 10.4 Å². The number of carbonyl (C=O) groups excluding carboxylic acids is 1. The maximum atomic E-state index is 14.5. The highest BCUT2D eigenvalue weighted by atomic mass is 32.2. The number of alkyl halides is 6. The lowest BCUT2D eigenvalue weighted by Gasteiger charge is -2.33. The van der Waals surface area contributed by atoms with Gasteiger partial charge in [-0.05, 0) is 30.7 Å². The number of hydrogen-bond donors (Lipinski definition) is 2. The number of rotatable bonds is 6. The molecule has 0 fully saturated rings. The summed E-state index contributed by atoms with van der Waals surface area (Å²) in [6.07, 6.45) is -12.9. The van der Waals surface area contributed by atoms with Gasteiger partial charge >= 0.3 is 12.4 Å². The fourth-order valence-electron chi connectivity index (χ4n) is 2.93. The van der Waals surface area contributed by atoms with E-state index in [0.29, 0.717) is 11.6 Å². The average Bonchev–Trinajstić information content (AvgIpc) is 2.69. The molecule has 0 bridgehead atoms. The van der Waals surface area contributed by atoms with Crippen LogP contribution in [0.1, 0.15) is 23.6 Å². The minimum absolute atomic E-state index is 0.0319. The molecule has 0 aliphatic rings. The van der Waals surface area contributed by atoms with Gasteiger partial charge in [0.25, 0.3) is 5.60 Å². The van der Waals surface area contributed by atoms with E-state index in [4.69, 9.17) is 0 Å². The molecule has 0 unspecified atom stereocenters. The van der Waals surface area contributed by atoms with Gasteiger partial charge in [0, 0.05) is 16.8 Å². The number of anilines is 1. The minimum atomic E-state index is -6.26. The number of nitrogens with one attached hydrogen (secondary N) is 1. The summed E-state index contributed by atoms with van der Waals surface area (Å²) in [5.74, 6) is -2.91. The zero-order valence-corrected chi connectivity index (χ0v) is 17.9. The lowest BCUT2D eigenvalue weighted by molar-refractivity contribution is -0.377. The molecule has 0 spiro atoms. The summed E-state index contributed by atoms with van der Waals surface area (Å²) in [5.41, 5.74) is -8.31. The van der Waals surface area contributed by atoms with Crippen LogP contribution < -0.4 is 5.32 Å². The van der Waals surface area contributed by atoms with Gasteiger partial charge in [-0.2, -0.15) is 26.3 Å². The number of aliphatic hydroxyl groups is 1. The van der Waals surface area contributed by atoms with Gasteiger partial charge in [-0.15, -0.1) is 0 Å². The molecule has 0 heterocycles. The molecule has 2 rings (SSSR count). The highest BCUT2D eigenvalue weighted by Crippen LogP contribution is 2.51. The van der Waals surface area contributed by atoms with E-state index in [0.717, 1.165) is 6.92 Å². The van der Waals surface area contributed by atoms with E-state index in [1.807, 2.05) is 0 Å². The van der Waals surface area contributed by atoms with Crippen molar-refractivity contribution in [1.29, 1.82) is 0 Å². The van der Waals surface area contributed by atoms with E-state index in [2.05, 4.69) is 5.32 Å². The van der Waals surface area contributed by atoms with Gasteiger partial charge in [-0.3, -0.25) is 4.79 Å². The third-order valence-electron chi connectivity index (χ3n) is 4.90. The standard InChI is InChI=1S/C20H18F7NO4S/c1-3-33(31,32)13-6-4-12(5-7-13)10-16(29)28-15-9-8-14(17(21)11(15)2)18(30,19(22,23)24)20(25,26)27/h4-9,30H,3,10H2,1-2H3,(H,28,29). The van der Waals surface area contributed by atoms with Gasteiger partial charge in [-0.1, -0.05) is 25.1 Å². The SMILES string of the molecule is CCS(=O)(=O)c1ccc(CC(=O)Nc2ccc(C(O)(C(F)(F)F)C(F)(F)F)c(F)c2C)cc1. The first kappa shape index (κ1) is 26.6. The first-order valence-electron chi connectivity index (χ1n) is 9.22. The van der Waals surface area contributed by atoms with E-state index >= 15 is 0 Å². The summed E-state index contributed by atoms with van der Waals surface area (Å²) in [7, 11) is -3.46. The molecule has 0 aromatic heterocycles. The second kappa shape index (κ2) is 8.93. The summed E-state index contributed by atoms with van der Waals surface area (Å²) < 4.78 is 116. The van der Waals surface area contributed by atoms with Gasteiger partial charge in [0.2, 0.25) is 5.91 Å². The average molecular weight is 501 g/mol. The maximum Gasteiger partial charge on any atom is 0.430 e. The monoisotopic (exact) mass is 501 g/mol. The van der Waals surface area contributed by atoms with E-state index in [1.54, 1.807) is 0 Å². The molecule has 0 aliphatic heterocycles. The Hall–Kier alpha value is -2.67. The molecule has 0 saturated heterocycles. The third kappa shape index (κ3) is 5.13.